The molecule has 1 rings (SSSR count). The molecule has 1 aromatic rings. The molecule has 0 radical (unpaired) electrons. The standard InChI is InChI=1S/C13H15F2NO3/c1-3-19-13(18)8(2)16-12(17)6-9-4-10(14)7-11(15)5-9/h4-5,7-8H,3,6H2,1-2H3,(H,16,17)/t8-/m0/s1. The van der Waals surface area contributed by atoms with Gasteiger partial charge in [0.05, 0.1) is 13.0 Å². The van der Waals surface area contributed by atoms with E-state index < -0.39 is 29.6 Å². The summed E-state index contributed by atoms with van der Waals surface area (Å²) in [7, 11) is 0. The molecule has 0 fully saturated rings. The van der Waals surface area contributed by atoms with Gasteiger partial charge in [-0.1, -0.05) is 0 Å². The predicted molar refractivity (Wildman–Crippen MR) is 64.3 cm³/mol. The van der Waals surface area contributed by atoms with Gasteiger partial charge in [0.1, 0.15) is 17.7 Å². The fourth-order valence-corrected chi connectivity index (χ4v) is 1.52. The third-order valence-corrected chi connectivity index (χ3v) is 2.30. The number of carbonyl (C=O) groups excluding carboxylic acids is 2. The van der Waals surface area contributed by atoms with Crippen molar-refractivity contribution < 1.29 is 23.1 Å². The van der Waals surface area contributed by atoms with E-state index in [2.05, 4.69) is 5.32 Å². The topological polar surface area (TPSA) is 55.4 Å². The Hall–Kier alpha value is -1.98. The number of hydrogen-bond acceptors (Lipinski definition) is 3. The molecule has 1 N–H and O–H groups in total. The fourth-order valence-electron chi connectivity index (χ4n) is 1.52. The number of rotatable bonds is 5. The van der Waals surface area contributed by atoms with E-state index in [0.29, 0.717) is 0 Å². The zero-order chi connectivity index (χ0) is 14.4. The average Bonchev–Trinajstić information content (AvgIpc) is 2.27. The maximum Gasteiger partial charge on any atom is 0.328 e. The Morgan fingerprint density at radius 2 is 1.84 bits per heavy atom. The van der Waals surface area contributed by atoms with E-state index in [1.165, 1.54) is 6.92 Å². The quantitative estimate of drug-likeness (QED) is 0.827. The van der Waals surface area contributed by atoms with Crippen LogP contribution in [0.1, 0.15) is 19.4 Å². The molecule has 6 heteroatoms. The summed E-state index contributed by atoms with van der Waals surface area (Å²) in [4.78, 5) is 22.9. The van der Waals surface area contributed by atoms with Crippen molar-refractivity contribution in [2.75, 3.05) is 6.61 Å². The third kappa shape index (κ3) is 5.03. The van der Waals surface area contributed by atoms with Crippen molar-refractivity contribution in [3.63, 3.8) is 0 Å². The molecule has 0 bridgehead atoms. The maximum absolute atomic E-state index is 12.9. The number of benzene rings is 1. The van der Waals surface area contributed by atoms with Gasteiger partial charge in [-0.05, 0) is 31.5 Å². The van der Waals surface area contributed by atoms with E-state index >= 15 is 0 Å². The van der Waals surface area contributed by atoms with Crippen LogP contribution in [0.5, 0.6) is 0 Å². The highest BCUT2D eigenvalue weighted by molar-refractivity contribution is 5.85. The van der Waals surface area contributed by atoms with Crippen LogP contribution < -0.4 is 5.32 Å². The largest absolute Gasteiger partial charge is 0.464 e. The van der Waals surface area contributed by atoms with Gasteiger partial charge in [0.2, 0.25) is 5.91 Å². The Bertz CT molecular complexity index is 457. The minimum absolute atomic E-state index is 0.200. The zero-order valence-electron chi connectivity index (χ0n) is 10.7. The van der Waals surface area contributed by atoms with E-state index in [4.69, 9.17) is 4.74 Å². The summed E-state index contributed by atoms with van der Waals surface area (Å²) >= 11 is 0. The Morgan fingerprint density at radius 1 is 1.26 bits per heavy atom. The van der Waals surface area contributed by atoms with Crippen molar-refractivity contribution in [1.82, 2.24) is 5.32 Å². The van der Waals surface area contributed by atoms with Crippen molar-refractivity contribution in [2.24, 2.45) is 0 Å². The number of halogens is 2. The van der Waals surface area contributed by atoms with Crippen molar-refractivity contribution in [3.8, 4) is 0 Å². The molecule has 1 atom stereocenters. The highest BCUT2D eigenvalue weighted by Gasteiger charge is 2.16. The molecule has 0 heterocycles. The van der Waals surface area contributed by atoms with Gasteiger partial charge in [-0.15, -0.1) is 0 Å². The molecule has 0 aliphatic rings. The Morgan fingerprint density at radius 3 is 2.37 bits per heavy atom. The first-order chi connectivity index (χ1) is 8.92. The summed E-state index contributed by atoms with van der Waals surface area (Å²) in [5.74, 6) is -2.56. The normalized spacial score (nSPS) is 11.8. The number of esters is 1. The van der Waals surface area contributed by atoms with Crippen LogP contribution in [0.2, 0.25) is 0 Å². The van der Waals surface area contributed by atoms with Gasteiger partial charge in [-0.25, -0.2) is 13.6 Å². The second-order valence-corrected chi connectivity index (χ2v) is 4.00. The van der Waals surface area contributed by atoms with E-state index in [1.807, 2.05) is 0 Å². The van der Waals surface area contributed by atoms with Gasteiger partial charge in [-0.2, -0.15) is 0 Å². The number of amides is 1. The highest BCUT2D eigenvalue weighted by Crippen LogP contribution is 2.08. The van der Waals surface area contributed by atoms with Crippen LogP contribution in [-0.2, 0) is 20.7 Å². The summed E-state index contributed by atoms with van der Waals surface area (Å²) in [5, 5.41) is 2.39. The molecular weight excluding hydrogens is 256 g/mol. The number of ether oxygens (including phenoxy) is 1. The lowest BCUT2D eigenvalue weighted by molar-refractivity contribution is -0.146. The molecule has 104 valence electrons. The number of nitrogens with one attached hydrogen (secondary N) is 1. The zero-order valence-corrected chi connectivity index (χ0v) is 10.7. The average molecular weight is 271 g/mol. The Balaban J connectivity index is 2.57. The first kappa shape index (κ1) is 15.1. The lowest BCUT2D eigenvalue weighted by atomic mass is 10.1. The predicted octanol–water partition coefficient (Wildman–Crippen LogP) is 1.58. The first-order valence-electron chi connectivity index (χ1n) is 5.83. The molecule has 0 aromatic heterocycles. The van der Waals surface area contributed by atoms with Crippen LogP contribution >= 0.6 is 0 Å². The van der Waals surface area contributed by atoms with Crippen LogP contribution in [0.15, 0.2) is 18.2 Å². The second-order valence-electron chi connectivity index (χ2n) is 4.00. The Labute approximate surface area is 109 Å². The monoisotopic (exact) mass is 271 g/mol. The molecule has 1 amide bonds. The minimum Gasteiger partial charge on any atom is -0.464 e. The van der Waals surface area contributed by atoms with Crippen LogP contribution in [0, 0.1) is 11.6 Å². The van der Waals surface area contributed by atoms with Crippen molar-refractivity contribution in [1.29, 1.82) is 0 Å². The molecule has 1 aromatic carbocycles. The van der Waals surface area contributed by atoms with E-state index in [0.717, 1.165) is 18.2 Å². The van der Waals surface area contributed by atoms with Gasteiger partial charge in [0.25, 0.3) is 0 Å². The minimum atomic E-state index is -0.800. The molecule has 0 spiro atoms. The smallest absolute Gasteiger partial charge is 0.328 e. The number of hydrogen-bond donors (Lipinski definition) is 1. The third-order valence-electron chi connectivity index (χ3n) is 2.30. The fraction of sp³-hybridized carbons (Fsp3) is 0.385. The highest BCUT2D eigenvalue weighted by atomic mass is 19.1. The van der Waals surface area contributed by atoms with Crippen molar-refractivity contribution >= 4 is 11.9 Å². The van der Waals surface area contributed by atoms with E-state index in [-0.39, 0.29) is 18.6 Å². The molecule has 4 nitrogen and oxygen atoms in total. The molecule has 0 unspecified atom stereocenters. The molecular formula is C13H15F2NO3. The second kappa shape index (κ2) is 6.82. The van der Waals surface area contributed by atoms with Gasteiger partial charge in [0, 0.05) is 6.07 Å². The molecule has 0 aliphatic carbocycles. The summed E-state index contributed by atoms with van der Waals surface area (Å²) in [6, 6.07) is 2.06. The summed E-state index contributed by atoms with van der Waals surface area (Å²) in [5.41, 5.74) is 0.200. The van der Waals surface area contributed by atoms with Gasteiger partial charge >= 0.3 is 5.97 Å². The lowest BCUT2D eigenvalue weighted by Crippen LogP contribution is -2.40. The van der Waals surface area contributed by atoms with E-state index in [9.17, 15) is 18.4 Å². The van der Waals surface area contributed by atoms with Gasteiger partial charge < -0.3 is 10.1 Å². The van der Waals surface area contributed by atoms with Crippen LogP contribution in [0.4, 0.5) is 8.78 Å². The van der Waals surface area contributed by atoms with Crippen LogP contribution in [0.25, 0.3) is 0 Å². The number of carbonyl (C=O) groups is 2. The Kier molecular flexibility index (Phi) is 5.41. The van der Waals surface area contributed by atoms with Crippen molar-refractivity contribution in [3.05, 3.63) is 35.4 Å². The summed E-state index contributed by atoms with van der Waals surface area (Å²) < 4.78 is 30.6. The SMILES string of the molecule is CCOC(=O)[C@H](C)NC(=O)Cc1cc(F)cc(F)c1. The van der Waals surface area contributed by atoms with Gasteiger partial charge in [0.15, 0.2) is 0 Å². The van der Waals surface area contributed by atoms with Crippen LogP contribution in [-0.4, -0.2) is 24.5 Å². The first-order valence-corrected chi connectivity index (χ1v) is 5.83. The lowest BCUT2D eigenvalue weighted by Gasteiger charge is -2.12. The van der Waals surface area contributed by atoms with Crippen LogP contribution in [0.3, 0.4) is 0 Å². The van der Waals surface area contributed by atoms with Crippen molar-refractivity contribution in [2.45, 2.75) is 26.3 Å². The molecule has 0 saturated heterocycles. The maximum atomic E-state index is 12.9. The molecule has 0 aliphatic heterocycles. The summed E-state index contributed by atoms with van der Waals surface area (Å²) in [6.45, 7) is 3.35. The molecule has 19 heavy (non-hydrogen) atoms. The van der Waals surface area contributed by atoms with E-state index in [1.54, 1.807) is 6.92 Å². The molecule has 0 saturated carbocycles. The summed E-state index contributed by atoms with van der Waals surface area (Å²) in [6.07, 6.45) is -0.210. The van der Waals surface area contributed by atoms with Gasteiger partial charge in [-0.3, -0.25) is 4.79 Å².